The third-order valence-electron chi connectivity index (χ3n) is 4.22. The van der Waals surface area contributed by atoms with E-state index in [0.29, 0.717) is 5.92 Å². The number of nitrogens with zero attached hydrogens (tertiary/aromatic N) is 2. The Balaban J connectivity index is 1.75. The fraction of sp³-hybridized carbons (Fsp3) is 0.722. The van der Waals surface area contributed by atoms with Gasteiger partial charge in [0.2, 0.25) is 0 Å². The average molecular weight is 289 g/mol. The van der Waals surface area contributed by atoms with E-state index in [9.17, 15) is 0 Å². The maximum Gasteiger partial charge on any atom is 0.0544 e. The molecular weight excluding hydrogens is 258 g/mol. The maximum atomic E-state index is 4.63. The summed E-state index contributed by atoms with van der Waals surface area (Å²) in [6.07, 6.45) is 6.09. The predicted octanol–water partition coefficient (Wildman–Crippen LogP) is 3.45. The van der Waals surface area contributed by atoms with Crippen LogP contribution in [0.5, 0.6) is 0 Å². The van der Waals surface area contributed by atoms with E-state index in [1.807, 2.05) is 6.20 Å². The van der Waals surface area contributed by atoms with Crippen LogP contribution >= 0.6 is 0 Å². The number of nitrogens with one attached hydrogen (secondary N) is 1. The first kappa shape index (κ1) is 16.4. The second kappa shape index (κ2) is 8.50. The Morgan fingerprint density at radius 2 is 2.24 bits per heavy atom. The van der Waals surface area contributed by atoms with Crippen LogP contribution in [-0.4, -0.2) is 29.5 Å². The van der Waals surface area contributed by atoms with Crippen molar-refractivity contribution < 1.29 is 0 Å². The van der Waals surface area contributed by atoms with Gasteiger partial charge in [-0.05, 0) is 49.4 Å². The van der Waals surface area contributed by atoms with Crippen molar-refractivity contribution in [3.05, 3.63) is 29.6 Å². The van der Waals surface area contributed by atoms with Gasteiger partial charge >= 0.3 is 0 Å². The number of aromatic nitrogens is 1. The molecule has 0 aliphatic carbocycles. The van der Waals surface area contributed by atoms with Crippen molar-refractivity contribution in [2.24, 2.45) is 11.8 Å². The third kappa shape index (κ3) is 5.76. The van der Waals surface area contributed by atoms with Gasteiger partial charge in [-0.25, -0.2) is 0 Å². The van der Waals surface area contributed by atoms with Crippen LogP contribution in [-0.2, 0) is 13.1 Å². The lowest BCUT2D eigenvalue weighted by molar-refractivity contribution is 0.309. The van der Waals surface area contributed by atoms with Crippen LogP contribution in [0.15, 0.2) is 18.3 Å². The summed E-state index contributed by atoms with van der Waals surface area (Å²) >= 11 is 0. The summed E-state index contributed by atoms with van der Waals surface area (Å²) in [7, 11) is 0. The quantitative estimate of drug-likeness (QED) is 0.794. The summed E-state index contributed by atoms with van der Waals surface area (Å²) in [5, 5.41) is 3.46. The van der Waals surface area contributed by atoms with Crippen molar-refractivity contribution in [2.45, 2.75) is 53.1 Å². The van der Waals surface area contributed by atoms with Gasteiger partial charge in [-0.2, -0.15) is 0 Å². The van der Waals surface area contributed by atoms with Gasteiger partial charge in [0, 0.05) is 25.8 Å². The minimum absolute atomic E-state index is 0.698. The smallest absolute Gasteiger partial charge is 0.0544 e. The Labute approximate surface area is 130 Å². The standard InChI is InChI=1S/C18H31N3/c1-4-5-16-8-9-21(13-16)14-18-7-6-17(12-20-18)11-19-10-15(2)3/h6-7,12,15-16,19H,4-5,8-11,13-14H2,1-3H3. The number of hydrogen-bond donors (Lipinski definition) is 1. The van der Waals surface area contributed by atoms with E-state index in [2.05, 4.69) is 48.1 Å². The molecule has 118 valence electrons. The number of rotatable bonds is 8. The van der Waals surface area contributed by atoms with Crippen molar-refractivity contribution in [1.82, 2.24) is 15.2 Å². The average Bonchev–Trinajstić information content (AvgIpc) is 2.88. The summed E-state index contributed by atoms with van der Waals surface area (Å²) in [6, 6.07) is 4.41. The zero-order chi connectivity index (χ0) is 15.1. The van der Waals surface area contributed by atoms with E-state index < -0.39 is 0 Å². The first-order valence-electron chi connectivity index (χ1n) is 8.54. The van der Waals surface area contributed by atoms with E-state index in [1.165, 1.54) is 43.6 Å². The lowest BCUT2D eigenvalue weighted by Crippen LogP contribution is -2.21. The van der Waals surface area contributed by atoms with Gasteiger partial charge in [0.25, 0.3) is 0 Å². The number of hydrogen-bond acceptors (Lipinski definition) is 3. The molecule has 0 spiro atoms. The summed E-state index contributed by atoms with van der Waals surface area (Å²) in [5.41, 5.74) is 2.49. The van der Waals surface area contributed by atoms with E-state index >= 15 is 0 Å². The maximum absolute atomic E-state index is 4.63. The molecular formula is C18H31N3. The van der Waals surface area contributed by atoms with Gasteiger partial charge in [0.1, 0.15) is 0 Å². The van der Waals surface area contributed by atoms with E-state index in [0.717, 1.165) is 25.6 Å². The van der Waals surface area contributed by atoms with Crippen LogP contribution in [0, 0.1) is 11.8 Å². The van der Waals surface area contributed by atoms with Gasteiger partial charge in [-0.1, -0.05) is 33.3 Å². The third-order valence-corrected chi connectivity index (χ3v) is 4.22. The molecule has 21 heavy (non-hydrogen) atoms. The Kier molecular flexibility index (Phi) is 6.65. The molecule has 2 rings (SSSR count). The molecule has 0 radical (unpaired) electrons. The van der Waals surface area contributed by atoms with E-state index in [-0.39, 0.29) is 0 Å². The Morgan fingerprint density at radius 1 is 1.38 bits per heavy atom. The largest absolute Gasteiger partial charge is 0.312 e. The normalized spacial score (nSPS) is 19.5. The lowest BCUT2D eigenvalue weighted by Gasteiger charge is -2.15. The van der Waals surface area contributed by atoms with Crippen molar-refractivity contribution in [3.8, 4) is 0 Å². The van der Waals surface area contributed by atoms with E-state index in [1.54, 1.807) is 0 Å². The molecule has 1 saturated heterocycles. The van der Waals surface area contributed by atoms with Crippen LogP contribution in [0.2, 0.25) is 0 Å². The van der Waals surface area contributed by atoms with Crippen LogP contribution in [0.25, 0.3) is 0 Å². The highest BCUT2D eigenvalue weighted by Crippen LogP contribution is 2.22. The van der Waals surface area contributed by atoms with Gasteiger partial charge in [0.05, 0.1) is 5.69 Å². The molecule has 0 bridgehead atoms. The Hall–Kier alpha value is -0.930. The minimum Gasteiger partial charge on any atom is -0.312 e. The van der Waals surface area contributed by atoms with Crippen LogP contribution in [0.1, 0.15) is 51.3 Å². The topological polar surface area (TPSA) is 28.2 Å². The monoisotopic (exact) mass is 289 g/mol. The molecule has 1 N–H and O–H groups in total. The molecule has 0 aromatic carbocycles. The van der Waals surface area contributed by atoms with Crippen molar-refractivity contribution >= 4 is 0 Å². The highest BCUT2D eigenvalue weighted by molar-refractivity contribution is 5.14. The zero-order valence-electron chi connectivity index (χ0n) is 13.9. The molecule has 3 heteroatoms. The summed E-state index contributed by atoms with van der Waals surface area (Å²) in [4.78, 5) is 7.18. The van der Waals surface area contributed by atoms with Gasteiger partial charge in [0.15, 0.2) is 0 Å². The van der Waals surface area contributed by atoms with Gasteiger partial charge < -0.3 is 5.32 Å². The van der Waals surface area contributed by atoms with E-state index in [4.69, 9.17) is 0 Å². The summed E-state index contributed by atoms with van der Waals surface area (Å²) < 4.78 is 0. The molecule has 1 aromatic rings. The highest BCUT2D eigenvalue weighted by Gasteiger charge is 2.21. The fourth-order valence-corrected chi connectivity index (χ4v) is 3.09. The predicted molar refractivity (Wildman–Crippen MR) is 89.1 cm³/mol. The number of pyridine rings is 1. The van der Waals surface area contributed by atoms with Crippen molar-refractivity contribution in [2.75, 3.05) is 19.6 Å². The van der Waals surface area contributed by atoms with Crippen LogP contribution in [0.4, 0.5) is 0 Å². The minimum atomic E-state index is 0.698. The highest BCUT2D eigenvalue weighted by atomic mass is 15.1. The first-order valence-corrected chi connectivity index (χ1v) is 8.54. The molecule has 1 fully saturated rings. The first-order chi connectivity index (χ1) is 10.2. The fourth-order valence-electron chi connectivity index (χ4n) is 3.09. The van der Waals surface area contributed by atoms with Crippen LogP contribution in [0.3, 0.4) is 0 Å². The van der Waals surface area contributed by atoms with Crippen molar-refractivity contribution in [1.29, 1.82) is 0 Å². The second-order valence-corrected chi connectivity index (χ2v) is 6.86. The molecule has 1 aromatic heterocycles. The number of likely N-dealkylation sites (tertiary alicyclic amines) is 1. The zero-order valence-corrected chi connectivity index (χ0v) is 13.9. The molecule has 1 atom stereocenters. The summed E-state index contributed by atoms with van der Waals surface area (Å²) in [5.74, 6) is 1.61. The van der Waals surface area contributed by atoms with Gasteiger partial charge in [-0.3, -0.25) is 9.88 Å². The summed E-state index contributed by atoms with van der Waals surface area (Å²) in [6.45, 7) is 12.3. The second-order valence-electron chi connectivity index (χ2n) is 6.86. The molecule has 1 unspecified atom stereocenters. The molecule has 0 amide bonds. The lowest BCUT2D eigenvalue weighted by atomic mass is 10.0. The van der Waals surface area contributed by atoms with Crippen molar-refractivity contribution in [3.63, 3.8) is 0 Å². The molecule has 2 heterocycles. The van der Waals surface area contributed by atoms with Crippen LogP contribution < -0.4 is 5.32 Å². The Bertz CT molecular complexity index is 399. The van der Waals surface area contributed by atoms with Gasteiger partial charge in [-0.15, -0.1) is 0 Å². The molecule has 0 saturated carbocycles. The SMILES string of the molecule is CCCC1CCN(Cc2ccc(CNCC(C)C)cn2)C1. The molecule has 1 aliphatic rings. The Morgan fingerprint density at radius 3 is 2.90 bits per heavy atom. The molecule has 1 aliphatic heterocycles. The molecule has 3 nitrogen and oxygen atoms in total.